The molecule has 0 aliphatic heterocycles. The van der Waals surface area contributed by atoms with Gasteiger partial charge >= 0.3 is 0 Å². The fraction of sp³-hybridized carbons (Fsp3) is 0.0909. The second kappa shape index (κ2) is 4.76. The monoisotopic (exact) mass is 233 g/mol. The van der Waals surface area contributed by atoms with Crippen LogP contribution in [-0.4, -0.2) is 22.3 Å². The molecule has 0 atom stereocenters. The highest BCUT2D eigenvalue weighted by molar-refractivity contribution is 7.71. The lowest BCUT2D eigenvalue weighted by atomic mass is 10.2. The van der Waals surface area contributed by atoms with Crippen molar-refractivity contribution in [3.05, 3.63) is 40.4 Å². The average Bonchev–Trinajstić information content (AvgIpc) is 2.73. The quantitative estimate of drug-likeness (QED) is 0.801. The van der Waals surface area contributed by atoms with E-state index in [4.69, 9.17) is 17.0 Å². The average molecular weight is 233 g/mol. The summed E-state index contributed by atoms with van der Waals surface area (Å²) >= 11 is 4.85. The molecule has 1 heterocycles. The number of nitrogens with one attached hydrogen (secondary N) is 2. The van der Waals surface area contributed by atoms with Gasteiger partial charge in [-0.1, -0.05) is 18.2 Å². The summed E-state index contributed by atoms with van der Waals surface area (Å²) in [6.07, 6.45) is 3.78. The molecule has 0 saturated carbocycles. The SMILES string of the molecule is COc1cccc(/C=C\c2nc(=S)[nH][nH]2)c1. The van der Waals surface area contributed by atoms with Gasteiger partial charge in [-0.2, -0.15) is 0 Å². The van der Waals surface area contributed by atoms with Gasteiger partial charge in [0.25, 0.3) is 0 Å². The van der Waals surface area contributed by atoms with E-state index in [2.05, 4.69) is 15.2 Å². The number of hydrogen-bond acceptors (Lipinski definition) is 3. The van der Waals surface area contributed by atoms with Crippen molar-refractivity contribution < 1.29 is 4.74 Å². The van der Waals surface area contributed by atoms with Crippen LogP contribution in [0.2, 0.25) is 0 Å². The smallest absolute Gasteiger partial charge is 0.213 e. The molecule has 1 aromatic heterocycles. The van der Waals surface area contributed by atoms with E-state index in [1.54, 1.807) is 7.11 Å². The van der Waals surface area contributed by atoms with Crippen LogP contribution in [0.25, 0.3) is 12.2 Å². The van der Waals surface area contributed by atoms with Crippen molar-refractivity contribution in [2.45, 2.75) is 0 Å². The lowest BCUT2D eigenvalue weighted by Crippen LogP contribution is -1.82. The molecule has 5 heteroatoms. The van der Waals surface area contributed by atoms with Crippen molar-refractivity contribution in [3.8, 4) is 5.75 Å². The number of nitrogens with zero attached hydrogens (tertiary/aromatic N) is 1. The largest absolute Gasteiger partial charge is 0.497 e. The van der Waals surface area contributed by atoms with Crippen LogP contribution < -0.4 is 4.74 Å². The summed E-state index contributed by atoms with van der Waals surface area (Å²) in [6.45, 7) is 0. The Morgan fingerprint density at radius 3 is 2.88 bits per heavy atom. The number of hydrogen-bond donors (Lipinski definition) is 2. The third-order valence-electron chi connectivity index (χ3n) is 2.05. The van der Waals surface area contributed by atoms with Gasteiger partial charge in [-0.05, 0) is 36.0 Å². The van der Waals surface area contributed by atoms with E-state index in [1.165, 1.54) is 0 Å². The maximum atomic E-state index is 5.13. The summed E-state index contributed by atoms with van der Waals surface area (Å²) in [5.74, 6) is 1.53. The maximum absolute atomic E-state index is 5.13. The van der Waals surface area contributed by atoms with Gasteiger partial charge in [0, 0.05) is 0 Å². The molecular weight excluding hydrogens is 222 g/mol. The van der Waals surface area contributed by atoms with Crippen LogP contribution in [0.1, 0.15) is 11.4 Å². The highest BCUT2D eigenvalue weighted by Crippen LogP contribution is 2.14. The maximum Gasteiger partial charge on any atom is 0.213 e. The first-order valence-corrected chi connectivity index (χ1v) is 5.15. The van der Waals surface area contributed by atoms with Crippen molar-refractivity contribution >= 4 is 24.4 Å². The Morgan fingerprint density at radius 1 is 1.31 bits per heavy atom. The van der Waals surface area contributed by atoms with Gasteiger partial charge in [0.15, 0.2) is 0 Å². The molecule has 0 aliphatic rings. The van der Waals surface area contributed by atoms with Gasteiger partial charge < -0.3 is 4.74 Å². The first-order valence-electron chi connectivity index (χ1n) is 4.75. The molecule has 2 N–H and O–H groups in total. The van der Waals surface area contributed by atoms with Gasteiger partial charge in [-0.25, -0.2) is 4.98 Å². The van der Waals surface area contributed by atoms with Crippen molar-refractivity contribution in [2.24, 2.45) is 0 Å². The molecule has 4 nitrogen and oxygen atoms in total. The van der Waals surface area contributed by atoms with E-state index < -0.39 is 0 Å². The number of ether oxygens (including phenoxy) is 1. The third-order valence-corrected chi connectivity index (χ3v) is 2.24. The Bertz CT molecular complexity index is 556. The Hall–Kier alpha value is -1.88. The van der Waals surface area contributed by atoms with Crippen molar-refractivity contribution in [2.75, 3.05) is 7.11 Å². The molecule has 0 radical (unpaired) electrons. The van der Waals surface area contributed by atoms with Crippen LogP contribution >= 0.6 is 12.2 Å². The number of benzene rings is 1. The summed E-state index contributed by atoms with van der Waals surface area (Å²) in [5, 5.41) is 5.58. The van der Waals surface area contributed by atoms with Crippen molar-refractivity contribution in [1.82, 2.24) is 15.2 Å². The number of aromatic nitrogens is 3. The first kappa shape index (κ1) is 10.6. The number of aromatic amines is 2. The van der Waals surface area contributed by atoms with Crippen LogP contribution in [-0.2, 0) is 0 Å². The minimum Gasteiger partial charge on any atom is -0.497 e. The molecular formula is C11H11N3OS. The molecule has 0 aliphatic carbocycles. The minimum atomic E-state index is 0.449. The summed E-state index contributed by atoms with van der Waals surface area (Å²) in [5.41, 5.74) is 1.04. The fourth-order valence-electron chi connectivity index (χ4n) is 1.28. The number of H-pyrrole nitrogens is 2. The summed E-state index contributed by atoms with van der Waals surface area (Å²) in [7, 11) is 1.65. The van der Waals surface area contributed by atoms with E-state index in [9.17, 15) is 0 Å². The molecule has 0 fully saturated rings. The van der Waals surface area contributed by atoms with Crippen LogP contribution in [0, 0.1) is 4.77 Å². The number of methoxy groups -OCH3 is 1. The third kappa shape index (κ3) is 2.58. The summed E-state index contributed by atoms with van der Waals surface area (Å²) in [6, 6.07) is 7.77. The Morgan fingerprint density at radius 2 is 2.19 bits per heavy atom. The topological polar surface area (TPSA) is 53.7 Å². The van der Waals surface area contributed by atoms with Gasteiger partial charge in [-0.3, -0.25) is 10.2 Å². The molecule has 82 valence electrons. The molecule has 2 rings (SSSR count). The second-order valence-electron chi connectivity index (χ2n) is 3.16. The molecule has 0 amide bonds. The molecule has 16 heavy (non-hydrogen) atoms. The Balaban J connectivity index is 2.20. The van der Waals surface area contributed by atoms with Crippen molar-refractivity contribution in [3.63, 3.8) is 0 Å². The molecule has 0 unspecified atom stereocenters. The lowest BCUT2D eigenvalue weighted by Gasteiger charge is -1.99. The summed E-state index contributed by atoms with van der Waals surface area (Å²) in [4.78, 5) is 4.05. The minimum absolute atomic E-state index is 0.449. The van der Waals surface area contributed by atoms with E-state index in [1.807, 2.05) is 36.4 Å². The molecule has 0 bridgehead atoms. The molecule has 2 aromatic rings. The zero-order valence-corrected chi connectivity index (χ0v) is 9.54. The highest BCUT2D eigenvalue weighted by atomic mass is 32.1. The van der Waals surface area contributed by atoms with E-state index >= 15 is 0 Å². The lowest BCUT2D eigenvalue weighted by molar-refractivity contribution is 0.414. The van der Waals surface area contributed by atoms with Crippen LogP contribution in [0.5, 0.6) is 5.75 Å². The van der Waals surface area contributed by atoms with Gasteiger partial charge in [0.05, 0.1) is 7.11 Å². The predicted octanol–water partition coefficient (Wildman–Crippen LogP) is 2.65. The summed E-state index contributed by atoms with van der Waals surface area (Å²) < 4.78 is 5.58. The molecule has 1 aromatic carbocycles. The normalized spacial score (nSPS) is 10.8. The van der Waals surface area contributed by atoms with Gasteiger partial charge in [0.2, 0.25) is 4.77 Å². The van der Waals surface area contributed by atoms with Crippen LogP contribution in [0.3, 0.4) is 0 Å². The zero-order chi connectivity index (χ0) is 11.4. The standard InChI is InChI=1S/C11H11N3OS/c1-15-9-4-2-3-8(7-9)5-6-10-12-11(16)14-13-10/h2-7H,1H3,(H2,12,13,14,16)/b6-5-. The van der Waals surface area contributed by atoms with Crippen molar-refractivity contribution in [1.29, 1.82) is 0 Å². The zero-order valence-electron chi connectivity index (χ0n) is 8.73. The van der Waals surface area contributed by atoms with E-state index in [0.717, 1.165) is 11.3 Å². The second-order valence-corrected chi connectivity index (χ2v) is 3.55. The first-order chi connectivity index (χ1) is 7.78. The van der Waals surface area contributed by atoms with Crippen LogP contribution in [0.15, 0.2) is 24.3 Å². The van der Waals surface area contributed by atoms with E-state index in [-0.39, 0.29) is 0 Å². The molecule has 0 saturated heterocycles. The fourth-order valence-corrected chi connectivity index (χ4v) is 1.43. The Labute approximate surface area is 98.0 Å². The molecule has 0 spiro atoms. The number of rotatable bonds is 3. The highest BCUT2D eigenvalue weighted by Gasteiger charge is 1.93. The van der Waals surface area contributed by atoms with Crippen LogP contribution in [0.4, 0.5) is 0 Å². The van der Waals surface area contributed by atoms with E-state index in [0.29, 0.717) is 10.6 Å². The van der Waals surface area contributed by atoms with Gasteiger partial charge in [0.1, 0.15) is 11.6 Å². The van der Waals surface area contributed by atoms with Gasteiger partial charge in [-0.15, -0.1) is 0 Å². The predicted molar refractivity (Wildman–Crippen MR) is 65.7 cm³/mol. The Kier molecular flexibility index (Phi) is 3.16.